The largest absolute Gasteiger partial charge is 0.481 e. The predicted molar refractivity (Wildman–Crippen MR) is 135 cm³/mol. The van der Waals surface area contributed by atoms with Gasteiger partial charge in [0.05, 0.1) is 53.9 Å². The Labute approximate surface area is 215 Å². The van der Waals surface area contributed by atoms with Crippen molar-refractivity contribution in [3.8, 4) is 0 Å². The second kappa shape index (κ2) is 9.42. The average Bonchev–Trinajstić information content (AvgIpc) is 3.46. The van der Waals surface area contributed by atoms with Crippen molar-refractivity contribution < 1.29 is 19.4 Å². The number of carbonyl (C=O) groups excluding carboxylic acids is 1. The van der Waals surface area contributed by atoms with Crippen LogP contribution in [0.2, 0.25) is 5.02 Å². The topological polar surface area (TPSA) is 102 Å². The number of carboxylic acid groups (broad SMARTS) is 1. The number of rotatable bonds is 5. The molecule has 1 fully saturated rings. The summed E-state index contributed by atoms with van der Waals surface area (Å²) < 4.78 is 9.10. The number of methoxy groups -OCH3 is 1. The second-order valence-corrected chi connectivity index (χ2v) is 10.9. The fourth-order valence-electron chi connectivity index (χ4n) is 5.77. The normalized spacial score (nSPS) is 22.9. The smallest absolute Gasteiger partial charge is 0.409 e. The lowest BCUT2D eigenvalue weighted by Crippen LogP contribution is -2.35. The first-order chi connectivity index (χ1) is 17.2. The van der Waals surface area contributed by atoms with Crippen molar-refractivity contribution in [2.45, 2.75) is 71.0 Å². The highest BCUT2D eigenvalue weighted by atomic mass is 35.5. The third-order valence-electron chi connectivity index (χ3n) is 7.99. The van der Waals surface area contributed by atoms with Gasteiger partial charge in [0.2, 0.25) is 0 Å². The first-order valence-corrected chi connectivity index (χ1v) is 12.8. The van der Waals surface area contributed by atoms with Crippen molar-refractivity contribution in [2.75, 3.05) is 13.7 Å². The summed E-state index contributed by atoms with van der Waals surface area (Å²) in [5, 5.41) is 14.7. The molecule has 36 heavy (non-hydrogen) atoms. The van der Waals surface area contributed by atoms with Gasteiger partial charge >= 0.3 is 12.1 Å². The summed E-state index contributed by atoms with van der Waals surface area (Å²) in [6.07, 6.45) is 6.64. The summed E-state index contributed by atoms with van der Waals surface area (Å²) >= 11 is 6.11. The quantitative estimate of drug-likeness (QED) is 0.514. The lowest BCUT2D eigenvalue weighted by molar-refractivity contribution is -0.150. The van der Waals surface area contributed by atoms with Gasteiger partial charge in [0.15, 0.2) is 0 Å². The summed E-state index contributed by atoms with van der Waals surface area (Å²) in [5.41, 5.74) is 3.50. The van der Waals surface area contributed by atoms with Crippen LogP contribution in [-0.4, -0.2) is 55.1 Å². The Balaban J connectivity index is 1.57. The number of hydrogen-bond acceptors (Lipinski definition) is 5. The number of benzene rings is 1. The molecule has 0 bridgehead atoms. The minimum Gasteiger partial charge on any atom is -0.481 e. The van der Waals surface area contributed by atoms with Crippen LogP contribution in [0.5, 0.6) is 0 Å². The summed E-state index contributed by atoms with van der Waals surface area (Å²) in [6, 6.07) is 4.32. The van der Waals surface area contributed by atoms with Crippen molar-refractivity contribution in [1.82, 2.24) is 24.2 Å². The Hall–Kier alpha value is -3.07. The molecule has 1 saturated carbocycles. The van der Waals surface area contributed by atoms with Gasteiger partial charge in [0.25, 0.3) is 0 Å². The first-order valence-electron chi connectivity index (χ1n) is 12.5. The van der Waals surface area contributed by atoms with E-state index in [4.69, 9.17) is 21.3 Å². The summed E-state index contributed by atoms with van der Waals surface area (Å²) in [4.78, 5) is 31.0. The van der Waals surface area contributed by atoms with Crippen molar-refractivity contribution in [3.63, 3.8) is 0 Å². The molecule has 0 saturated heterocycles. The highest BCUT2D eigenvalue weighted by Crippen LogP contribution is 2.44. The van der Waals surface area contributed by atoms with Crippen molar-refractivity contribution in [1.29, 1.82) is 0 Å². The van der Waals surface area contributed by atoms with E-state index in [1.54, 1.807) is 11.1 Å². The maximum atomic E-state index is 12.3. The molecule has 0 radical (unpaired) electrons. The third kappa shape index (κ3) is 4.34. The lowest BCUT2D eigenvalue weighted by Gasteiger charge is -2.34. The fourth-order valence-corrected chi connectivity index (χ4v) is 5.92. The van der Waals surface area contributed by atoms with Crippen molar-refractivity contribution >= 4 is 34.7 Å². The molecule has 1 N–H and O–H groups in total. The molecule has 9 nitrogen and oxygen atoms in total. The zero-order chi connectivity index (χ0) is 25.6. The number of carbonyl (C=O) groups is 2. The average molecular weight is 514 g/mol. The molecule has 2 aliphatic rings. The van der Waals surface area contributed by atoms with Gasteiger partial charge in [0.1, 0.15) is 5.82 Å². The number of ether oxygens (including phenoxy) is 1. The van der Waals surface area contributed by atoms with Crippen LogP contribution in [0.1, 0.15) is 68.4 Å². The van der Waals surface area contributed by atoms with E-state index in [1.807, 2.05) is 17.8 Å². The molecule has 1 amide bonds. The van der Waals surface area contributed by atoms with Gasteiger partial charge in [-0.25, -0.2) is 9.78 Å². The molecule has 1 aromatic carbocycles. The number of nitrogens with zero attached hydrogens (tertiary/aromatic N) is 5. The van der Waals surface area contributed by atoms with Crippen LogP contribution >= 0.6 is 11.6 Å². The van der Waals surface area contributed by atoms with Gasteiger partial charge in [-0.15, -0.1) is 0 Å². The Kier molecular flexibility index (Phi) is 6.44. The van der Waals surface area contributed by atoms with E-state index in [2.05, 4.69) is 28.7 Å². The van der Waals surface area contributed by atoms with Crippen LogP contribution in [0.25, 0.3) is 11.0 Å². The zero-order valence-electron chi connectivity index (χ0n) is 20.9. The minimum absolute atomic E-state index is 0.0344. The number of fused-ring (bicyclic) bond motifs is 3. The Bertz CT molecular complexity index is 1310. The molecule has 3 aromatic rings. The Morgan fingerprint density at radius 2 is 2.06 bits per heavy atom. The van der Waals surface area contributed by atoms with Gasteiger partial charge in [-0.3, -0.25) is 9.48 Å². The molecule has 3 heterocycles. The van der Waals surface area contributed by atoms with E-state index in [9.17, 15) is 14.7 Å². The molecular formula is C26H32ClN5O4. The summed E-state index contributed by atoms with van der Waals surface area (Å²) in [6.45, 7) is 5.68. The van der Waals surface area contributed by atoms with Crippen LogP contribution in [-0.2, 0) is 29.0 Å². The molecule has 0 spiro atoms. The first kappa shape index (κ1) is 24.6. The number of aromatic nitrogens is 4. The van der Waals surface area contributed by atoms with Gasteiger partial charge < -0.3 is 19.3 Å². The molecule has 1 aliphatic carbocycles. The van der Waals surface area contributed by atoms with Crippen LogP contribution in [0, 0.1) is 5.41 Å². The third-order valence-corrected chi connectivity index (χ3v) is 8.18. The summed E-state index contributed by atoms with van der Waals surface area (Å²) in [7, 11) is 1.41. The van der Waals surface area contributed by atoms with Crippen LogP contribution in [0.15, 0.2) is 24.5 Å². The Morgan fingerprint density at radius 1 is 1.31 bits per heavy atom. The van der Waals surface area contributed by atoms with Gasteiger partial charge in [-0.05, 0) is 57.6 Å². The van der Waals surface area contributed by atoms with Crippen LogP contribution in [0.3, 0.4) is 0 Å². The number of amides is 1. The molecular weight excluding hydrogens is 482 g/mol. The number of aliphatic carboxylic acids is 1. The highest BCUT2D eigenvalue weighted by molar-refractivity contribution is 6.30. The SMILES string of the molecule is COC(=O)N1CCc2ccc3c(nc([C@H]4CC[C@](C)(C(=O)O)CC4)n3[C@@H](C)Cn3cc(Cl)cn3)c2C1. The monoisotopic (exact) mass is 513 g/mol. The van der Waals surface area contributed by atoms with Gasteiger partial charge in [0, 0.05) is 24.2 Å². The van der Waals surface area contributed by atoms with E-state index < -0.39 is 11.4 Å². The van der Waals surface area contributed by atoms with E-state index in [-0.39, 0.29) is 18.1 Å². The van der Waals surface area contributed by atoms with E-state index in [0.717, 1.165) is 41.7 Å². The lowest BCUT2D eigenvalue weighted by atomic mass is 9.71. The maximum absolute atomic E-state index is 12.3. The van der Waals surface area contributed by atoms with Crippen molar-refractivity contribution in [3.05, 3.63) is 46.5 Å². The minimum atomic E-state index is -0.727. The number of halogens is 1. The standard InChI is InChI=1S/C26H32ClN5O4/c1-16(13-31-14-19(27)12-28-31)32-21-5-4-17-8-11-30(25(35)36-3)15-20(17)22(21)29-23(32)18-6-9-26(2,10-7-18)24(33)34/h4-5,12,14,16,18H,6-11,13,15H2,1-3H3,(H,33,34)/t16-,18-,26-/m0/s1. The Morgan fingerprint density at radius 3 is 2.69 bits per heavy atom. The molecule has 10 heteroatoms. The highest BCUT2D eigenvalue weighted by Gasteiger charge is 2.39. The van der Waals surface area contributed by atoms with Crippen LogP contribution < -0.4 is 0 Å². The molecule has 0 unspecified atom stereocenters. The zero-order valence-corrected chi connectivity index (χ0v) is 21.7. The molecule has 192 valence electrons. The van der Waals surface area contributed by atoms with E-state index in [1.165, 1.54) is 12.7 Å². The van der Waals surface area contributed by atoms with E-state index >= 15 is 0 Å². The number of hydrogen-bond donors (Lipinski definition) is 1. The van der Waals surface area contributed by atoms with Crippen LogP contribution in [0.4, 0.5) is 4.79 Å². The number of imidazole rings is 1. The van der Waals surface area contributed by atoms with E-state index in [0.29, 0.717) is 37.5 Å². The fraction of sp³-hybridized carbons (Fsp3) is 0.538. The number of carboxylic acids is 1. The predicted octanol–water partition coefficient (Wildman–Crippen LogP) is 5.02. The summed E-state index contributed by atoms with van der Waals surface area (Å²) in [5.74, 6) is 0.409. The molecule has 5 rings (SSSR count). The second-order valence-electron chi connectivity index (χ2n) is 10.4. The molecule has 1 aliphatic heterocycles. The van der Waals surface area contributed by atoms with Crippen molar-refractivity contribution in [2.24, 2.45) is 5.41 Å². The maximum Gasteiger partial charge on any atom is 0.409 e. The molecule has 1 atom stereocenters. The van der Waals surface area contributed by atoms with Gasteiger partial charge in [-0.2, -0.15) is 5.10 Å². The van der Waals surface area contributed by atoms with Gasteiger partial charge in [-0.1, -0.05) is 17.7 Å². The molecule has 2 aromatic heterocycles.